The Bertz CT molecular complexity index is 675. The number of halogens is 1. The molecule has 0 bridgehead atoms. The van der Waals surface area contributed by atoms with E-state index < -0.39 is 19.1 Å². The Hall–Kier alpha value is -0.630. The molecule has 0 aliphatic carbocycles. The first-order valence-electron chi connectivity index (χ1n) is 6.87. The van der Waals surface area contributed by atoms with Gasteiger partial charge in [0, 0.05) is 23.8 Å². The summed E-state index contributed by atoms with van der Waals surface area (Å²) in [6.07, 6.45) is 4.93. The first kappa shape index (κ1) is 16.7. The van der Waals surface area contributed by atoms with Crippen molar-refractivity contribution in [2.45, 2.75) is 41.9 Å². The minimum absolute atomic E-state index is 0.101. The third-order valence-electron chi connectivity index (χ3n) is 3.56. The Morgan fingerprint density at radius 3 is 1.67 bits per heavy atom. The van der Waals surface area contributed by atoms with Gasteiger partial charge in [0.1, 0.15) is 0 Å². The average Bonchev–Trinajstić information content (AvgIpc) is 2.37. The van der Waals surface area contributed by atoms with Crippen LogP contribution in [-0.4, -0.2) is 34.2 Å². The molecule has 118 valence electrons. The van der Waals surface area contributed by atoms with Crippen LogP contribution < -0.4 is 0 Å². The summed E-state index contributed by atoms with van der Waals surface area (Å²) in [6, 6.07) is 5.03. The Kier molecular flexibility index (Phi) is 5.29. The fraction of sp³-hybridized carbons (Fsp3) is 0.538. The van der Waals surface area contributed by atoms with Crippen molar-refractivity contribution in [1.29, 1.82) is 0 Å². The minimum atomic E-state index is -3.84. The van der Waals surface area contributed by atoms with E-state index in [4.69, 9.17) is 10.7 Å². The number of hydrogen-bond donors (Lipinski definition) is 0. The molecule has 21 heavy (non-hydrogen) atoms. The third-order valence-corrected chi connectivity index (χ3v) is 6.84. The van der Waals surface area contributed by atoms with Crippen LogP contribution in [0.15, 0.2) is 34.1 Å². The fourth-order valence-corrected chi connectivity index (χ4v) is 4.67. The molecule has 0 N–H and O–H groups in total. The molecular formula is C13H18ClNO4S2. The molecule has 5 nitrogen and oxygen atoms in total. The zero-order valence-corrected chi connectivity index (χ0v) is 13.9. The Balaban J connectivity index is 2.26. The summed E-state index contributed by atoms with van der Waals surface area (Å²) in [6.45, 7) is 1.02. The number of hydrogen-bond acceptors (Lipinski definition) is 4. The highest BCUT2D eigenvalue weighted by molar-refractivity contribution is 8.13. The molecule has 0 radical (unpaired) electrons. The van der Waals surface area contributed by atoms with Crippen LogP contribution in [-0.2, 0) is 19.1 Å². The molecule has 8 heteroatoms. The second kappa shape index (κ2) is 6.64. The van der Waals surface area contributed by atoms with Crippen molar-refractivity contribution in [2.75, 3.05) is 13.1 Å². The quantitative estimate of drug-likeness (QED) is 0.784. The molecular weight excluding hydrogens is 334 g/mol. The normalized spacial score (nSPS) is 18.9. The molecule has 0 spiro atoms. The van der Waals surface area contributed by atoms with Gasteiger partial charge < -0.3 is 0 Å². The van der Waals surface area contributed by atoms with E-state index >= 15 is 0 Å². The molecule has 1 aliphatic rings. The van der Waals surface area contributed by atoms with Gasteiger partial charge in [-0.05, 0) is 37.1 Å². The maximum absolute atomic E-state index is 12.6. The van der Waals surface area contributed by atoms with E-state index in [1.807, 2.05) is 0 Å². The van der Waals surface area contributed by atoms with E-state index in [1.54, 1.807) is 0 Å². The van der Waals surface area contributed by atoms with Crippen LogP contribution in [0.1, 0.15) is 32.1 Å². The van der Waals surface area contributed by atoms with Crippen LogP contribution in [0.2, 0.25) is 0 Å². The Labute approximate surface area is 130 Å². The first-order chi connectivity index (χ1) is 9.82. The summed E-state index contributed by atoms with van der Waals surface area (Å²) in [5.74, 6) is 0. The van der Waals surface area contributed by atoms with Gasteiger partial charge in [0.05, 0.1) is 9.79 Å². The van der Waals surface area contributed by atoms with Crippen LogP contribution in [0.5, 0.6) is 0 Å². The van der Waals surface area contributed by atoms with Crippen molar-refractivity contribution in [3.8, 4) is 0 Å². The number of sulfonamides is 1. The third kappa shape index (κ3) is 4.18. The topological polar surface area (TPSA) is 71.5 Å². The van der Waals surface area contributed by atoms with Gasteiger partial charge >= 0.3 is 0 Å². The summed E-state index contributed by atoms with van der Waals surface area (Å²) in [5.41, 5.74) is 0. The predicted molar refractivity (Wildman–Crippen MR) is 81.3 cm³/mol. The van der Waals surface area contributed by atoms with Crippen molar-refractivity contribution in [2.24, 2.45) is 0 Å². The van der Waals surface area contributed by atoms with Gasteiger partial charge in [-0.25, -0.2) is 16.8 Å². The molecule has 0 atom stereocenters. The maximum atomic E-state index is 12.6. The zero-order valence-electron chi connectivity index (χ0n) is 11.5. The molecule has 1 aromatic carbocycles. The molecule has 1 aliphatic heterocycles. The molecule has 1 heterocycles. The standard InChI is InChI=1S/C13H18ClNO4S2/c14-20(16,17)12-6-8-13(9-7-12)21(18,19)15-10-4-2-1-3-5-11-15/h6-9H,1-5,10-11H2. The Morgan fingerprint density at radius 1 is 0.762 bits per heavy atom. The molecule has 0 saturated carbocycles. The van der Waals surface area contributed by atoms with Gasteiger partial charge in [-0.15, -0.1) is 0 Å². The van der Waals surface area contributed by atoms with Gasteiger partial charge in [0.15, 0.2) is 0 Å². The second-order valence-electron chi connectivity index (χ2n) is 5.08. The van der Waals surface area contributed by atoms with Crippen LogP contribution >= 0.6 is 10.7 Å². The van der Waals surface area contributed by atoms with Crippen molar-refractivity contribution >= 4 is 29.8 Å². The van der Waals surface area contributed by atoms with E-state index in [1.165, 1.54) is 28.6 Å². The summed E-state index contributed by atoms with van der Waals surface area (Å²) in [7, 11) is -2.18. The lowest BCUT2D eigenvalue weighted by molar-refractivity contribution is 0.364. The number of rotatable bonds is 3. The van der Waals surface area contributed by atoms with Gasteiger partial charge in [-0.1, -0.05) is 19.3 Å². The Morgan fingerprint density at radius 2 is 1.19 bits per heavy atom. The van der Waals surface area contributed by atoms with E-state index in [0.29, 0.717) is 13.1 Å². The lowest BCUT2D eigenvalue weighted by atomic mass is 10.1. The van der Waals surface area contributed by atoms with Crippen LogP contribution in [0.25, 0.3) is 0 Å². The molecule has 0 unspecified atom stereocenters. The smallest absolute Gasteiger partial charge is 0.207 e. The highest BCUT2D eigenvalue weighted by Crippen LogP contribution is 2.22. The van der Waals surface area contributed by atoms with E-state index in [-0.39, 0.29) is 9.79 Å². The number of benzene rings is 1. The number of nitrogens with zero attached hydrogens (tertiary/aromatic N) is 1. The molecule has 1 saturated heterocycles. The van der Waals surface area contributed by atoms with Crippen LogP contribution in [0.4, 0.5) is 0 Å². The highest BCUT2D eigenvalue weighted by atomic mass is 35.7. The van der Waals surface area contributed by atoms with Gasteiger partial charge in [-0.3, -0.25) is 0 Å². The predicted octanol–water partition coefficient (Wildman–Crippen LogP) is 2.57. The molecule has 0 amide bonds. The summed E-state index contributed by atoms with van der Waals surface area (Å²) in [5, 5.41) is 0. The maximum Gasteiger partial charge on any atom is 0.261 e. The average molecular weight is 352 g/mol. The van der Waals surface area contributed by atoms with Gasteiger partial charge in [-0.2, -0.15) is 4.31 Å². The van der Waals surface area contributed by atoms with Crippen molar-refractivity contribution in [1.82, 2.24) is 4.31 Å². The molecule has 1 fully saturated rings. The van der Waals surface area contributed by atoms with Crippen molar-refractivity contribution < 1.29 is 16.8 Å². The van der Waals surface area contributed by atoms with Crippen molar-refractivity contribution in [3.05, 3.63) is 24.3 Å². The minimum Gasteiger partial charge on any atom is -0.207 e. The lowest BCUT2D eigenvalue weighted by Gasteiger charge is -2.24. The van der Waals surface area contributed by atoms with Crippen molar-refractivity contribution in [3.63, 3.8) is 0 Å². The van der Waals surface area contributed by atoms with Crippen LogP contribution in [0.3, 0.4) is 0 Å². The molecule has 1 aromatic rings. The van der Waals surface area contributed by atoms with E-state index in [2.05, 4.69) is 0 Å². The second-order valence-corrected chi connectivity index (χ2v) is 9.58. The summed E-state index contributed by atoms with van der Waals surface area (Å²) in [4.78, 5) is 0.00271. The summed E-state index contributed by atoms with van der Waals surface area (Å²) >= 11 is 0. The van der Waals surface area contributed by atoms with Gasteiger partial charge in [0.2, 0.25) is 10.0 Å². The molecule has 0 aromatic heterocycles. The first-order valence-corrected chi connectivity index (χ1v) is 10.6. The monoisotopic (exact) mass is 351 g/mol. The SMILES string of the molecule is O=S(=O)(Cl)c1ccc(S(=O)(=O)N2CCCCCCC2)cc1. The lowest BCUT2D eigenvalue weighted by Crippen LogP contribution is -2.33. The largest absolute Gasteiger partial charge is 0.261 e. The zero-order chi connectivity index (χ0) is 15.5. The van der Waals surface area contributed by atoms with Crippen LogP contribution in [0, 0.1) is 0 Å². The molecule has 2 rings (SSSR count). The fourth-order valence-electron chi connectivity index (χ4n) is 2.38. The van der Waals surface area contributed by atoms with Gasteiger partial charge in [0.25, 0.3) is 9.05 Å². The summed E-state index contributed by atoms with van der Waals surface area (Å²) < 4.78 is 49.0. The van der Waals surface area contributed by atoms with E-state index in [0.717, 1.165) is 32.1 Å². The van der Waals surface area contributed by atoms with E-state index in [9.17, 15) is 16.8 Å². The highest BCUT2D eigenvalue weighted by Gasteiger charge is 2.25.